The average molecular weight is 303 g/mol. The lowest BCUT2D eigenvalue weighted by Crippen LogP contribution is -2.56. The Bertz CT molecular complexity index is 491. The highest BCUT2D eigenvalue weighted by Crippen LogP contribution is 2.16. The van der Waals surface area contributed by atoms with Crippen LogP contribution in [0.15, 0.2) is 24.3 Å². The maximum Gasteiger partial charge on any atom is 0.228 e. The maximum absolute atomic E-state index is 12.2. The molecular weight excluding hydrogens is 278 g/mol. The second kappa shape index (κ2) is 7.11. The van der Waals surface area contributed by atoms with Gasteiger partial charge in [-0.1, -0.05) is 12.1 Å². The first-order chi connectivity index (χ1) is 10.8. The summed E-state index contributed by atoms with van der Waals surface area (Å²) in [6.45, 7) is 8.97. The highest BCUT2D eigenvalue weighted by Gasteiger charge is 2.30. The van der Waals surface area contributed by atoms with Gasteiger partial charge in [-0.2, -0.15) is 0 Å². The fourth-order valence-electron chi connectivity index (χ4n) is 2.96. The molecule has 3 rings (SSSR count). The number of hydrogen-bond acceptors (Lipinski definition) is 4. The molecule has 1 amide bonds. The van der Waals surface area contributed by atoms with Gasteiger partial charge in [0.25, 0.3) is 0 Å². The summed E-state index contributed by atoms with van der Waals surface area (Å²) in [6.07, 6.45) is 0. The fraction of sp³-hybridized carbons (Fsp3) is 0.588. The van der Waals surface area contributed by atoms with Gasteiger partial charge in [-0.25, -0.2) is 0 Å². The number of benzene rings is 1. The van der Waals surface area contributed by atoms with Gasteiger partial charge in [0.2, 0.25) is 5.91 Å². The van der Waals surface area contributed by atoms with Gasteiger partial charge in [-0.05, 0) is 24.6 Å². The molecule has 5 nitrogen and oxygen atoms in total. The van der Waals surface area contributed by atoms with Crippen LogP contribution in [0.25, 0.3) is 0 Å². The zero-order valence-electron chi connectivity index (χ0n) is 13.3. The van der Waals surface area contributed by atoms with E-state index in [1.807, 2.05) is 24.0 Å². The Morgan fingerprint density at radius 3 is 2.41 bits per heavy atom. The number of amides is 1. The normalized spacial score (nSPS) is 19.8. The smallest absolute Gasteiger partial charge is 0.228 e. The molecule has 2 aliphatic heterocycles. The summed E-state index contributed by atoms with van der Waals surface area (Å²) in [5.41, 5.74) is 1.30. The van der Waals surface area contributed by atoms with Crippen molar-refractivity contribution in [1.82, 2.24) is 15.1 Å². The summed E-state index contributed by atoms with van der Waals surface area (Å²) < 4.78 is 5.47. The Labute approximate surface area is 132 Å². The minimum atomic E-state index is 0.220. The van der Waals surface area contributed by atoms with Gasteiger partial charge in [-0.3, -0.25) is 9.69 Å². The highest BCUT2D eigenvalue weighted by atomic mass is 16.5. The quantitative estimate of drug-likeness (QED) is 0.880. The molecule has 0 radical (unpaired) electrons. The van der Waals surface area contributed by atoms with Crippen LogP contribution in [-0.4, -0.2) is 61.6 Å². The lowest BCUT2D eigenvalue weighted by molar-refractivity contribution is -0.138. The number of nitrogens with one attached hydrogen (secondary N) is 1. The predicted octanol–water partition coefficient (Wildman–Crippen LogP) is 0.949. The van der Waals surface area contributed by atoms with Crippen molar-refractivity contribution in [3.05, 3.63) is 29.8 Å². The Kier molecular flexibility index (Phi) is 4.95. The van der Waals surface area contributed by atoms with Crippen LogP contribution in [0, 0.1) is 5.92 Å². The number of ether oxygens (including phenoxy) is 1. The number of carbonyl (C=O) groups excluding carboxylic acids is 1. The van der Waals surface area contributed by atoms with E-state index in [2.05, 4.69) is 22.3 Å². The second-order valence-corrected chi connectivity index (χ2v) is 6.03. The lowest BCUT2D eigenvalue weighted by Gasteiger charge is -2.38. The molecule has 120 valence electrons. The first-order valence-electron chi connectivity index (χ1n) is 8.20. The molecule has 1 aromatic carbocycles. The molecule has 22 heavy (non-hydrogen) atoms. The first kappa shape index (κ1) is 15.3. The molecule has 0 bridgehead atoms. The number of rotatable bonds is 5. The number of carbonyl (C=O) groups is 1. The topological polar surface area (TPSA) is 44.8 Å². The van der Waals surface area contributed by atoms with Gasteiger partial charge < -0.3 is 15.0 Å². The van der Waals surface area contributed by atoms with Gasteiger partial charge in [0.1, 0.15) is 5.75 Å². The van der Waals surface area contributed by atoms with Crippen LogP contribution >= 0.6 is 0 Å². The standard InChI is InChI=1S/C17H25N3O2/c1-2-22-16-5-3-14(4-6-16)13-19-7-9-20(10-8-19)17(21)15-11-18-12-15/h3-6,15,18H,2,7-13H2,1H3. The van der Waals surface area contributed by atoms with E-state index in [1.165, 1.54) is 5.56 Å². The maximum atomic E-state index is 12.2. The van der Waals surface area contributed by atoms with Crippen LogP contribution in [0.3, 0.4) is 0 Å². The van der Waals surface area contributed by atoms with Gasteiger partial charge in [-0.15, -0.1) is 0 Å². The van der Waals surface area contributed by atoms with Crippen molar-refractivity contribution in [1.29, 1.82) is 0 Å². The van der Waals surface area contributed by atoms with Gasteiger partial charge in [0, 0.05) is 45.8 Å². The van der Waals surface area contributed by atoms with Crippen LogP contribution in [0.1, 0.15) is 12.5 Å². The summed E-state index contributed by atoms with van der Waals surface area (Å²) in [7, 11) is 0. The molecule has 0 aliphatic carbocycles. The monoisotopic (exact) mass is 303 g/mol. The molecule has 0 unspecified atom stereocenters. The van der Waals surface area contributed by atoms with E-state index in [4.69, 9.17) is 4.74 Å². The second-order valence-electron chi connectivity index (χ2n) is 6.03. The van der Waals surface area contributed by atoms with Crippen molar-refractivity contribution in [2.24, 2.45) is 5.92 Å². The number of hydrogen-bond donors (Lipinski definition) is 1. The lowest BCUT2D eigenvalue weighted by atomic mass is 10.0. The van der Waals surface area contributed by atoms with Crippen LogP contribution in [0.5, 0.6) is 5.75 Å². The minimum Gasteiger partial charge on any atom is -0.494 e. The zero-order valence-corrected chi connectivity index (χ0v) is 13.3. The van der Waals surface area contributed by atoms with Crippen LogP contribution < -0.4 is 10.1 Å². The molecule has 0 spiro atoms. The van der Waals surface area contributed by atoms with Crippen molar-refractivity contribution in [2.75, 3.05) is 45.9 Å². The Morgan fingerprint density at radius 2 is 1.86 bits per heavy atom. The van der Waals surface area contributed by atoms with E-state index in [-0.39, 0.29) is 5.92 Å². The third-order valence-corrected chi connectivity index (χ3v) is 4.46. The summed E-state index contributed by atoms with van der Waals surface area (Å²) in [5.74, 6) is 1.48. The molecule has 2 heterocycles. The van der Waals surface area contributed by atoms with Crippen molar-refractivity contribution in [2.45, 2.75) is 13.5 Å². The summed E-state index contributed by atoms with van der Waals surface area (Å²) in [6, 6.07) is 8.31. The van der Waals surface area contributed by atoms with Crippen LogP contribution in [-0.2, 0) is 11.3 Å². The molecule has 2 aliphatic rings. The van der Waals surface area contributed by atoms with Crippen LogP contribution in [0.2, 0.25) is 0 Å². The third-order valence-electron chi connectivity index (χ3n) is 4.46. The largest absolute Gasteiger partial charge is 0.494 e. The summed E-state index contributed by atoms with van der Waals surface area (Å²) in [5, 5.41) is 3.17. The Hall–Kier alpha value is -1.59. The SMILES string of the molecule is CCOc1ccc(CN2CCN(C(=O)C3CNC3)CC2)cc1. The molecule has 2 fully saturated rings. The van der Waals surface area contributed by atoms with Gasteiger partial charge >= 0.3 is 0 Å². The van der Waals surface area contributed by atoms with Gasteiger partial charge in [0.15, 0.2) is 0 Å². The zero-order chi connectivity index (χ0) is 15.4. The van der Waals surface area contributed by atoms with E-state index < -0.39 is 0 Å². The average Bonchev–Trinajstić information content (AvgIpc) is 2.48. The van der Waals surface area contributed by atoms with E-state index in [9.17, 15) is 4.79 Å². The predicted molar refractivity (Wildman–Crippen MR) is 85.8 cm³/mol. The van der Waals surface area contributed by atoms with Crippen molar-refractivity contribution >= 4 is 5.91 Å². The number of piperazine rings is 1. The Morgan fingerprint density at radius 1 is 1.18 bits per heavy atom. The summed E-state index contributed by atoms with van der Waals surface area (Å²) in [4.78, 5) is 16.6. The molecule has 1 aromatic rings. The Balaban J connectivity index is 1.46. The molecule has 2 saturated heterocycles. The van der Waals surface area contributed by atoms with Crippen molar-refractivity contribution in [3.63, 3.8) is 0 Å². The van der Waals surface area contributed by atoms with E-state index >= 15 is 0 Å². The van der Waals surface area contributed by atoms with Crippen molar-refractivity contribution in [3.8, 4) is 5.75 Å². The summed E-state index contributed by atoms with van der Waals surface area (Å²) >= 11 is 0. The molecule has 1 N–H and O–H groups in total. The van der Waals surface area contributed by atoms with Crippen LogP contribution in [0.4, 0.5) is 0 Å². The minimum absolute atomic E-state index is 0.220. The molecule has 0 atom stereocenters. The molecular formula is C17H25N3O2. The van der Waals surface area contributed by atoms with E-state index in [0.717, 1.165) is 51.6 Å². The van der Waals surface area contributed by atoms with E-state index in [1.54, 1.807) is 0 Å². The fourth-order valence-corrected chi connectivity index (χ4v) is 2.96. The van der Waals surface area contributed by atoms with E-state index in [0.29, 0.717) is 12.5 Å². The van der Waals surface area contributed by atoms with Crippen molar-refractivity contribution < 1.29 is 9.53 Å². The molecule has 0 aromatic heterocycles. The first-order valence-corrected chi connectivity index (χ1v) is 8.20. The van der Waals surface area contributed by atoms with Gasteiger partial charge in [0.05, 0.1) is 12.5 Å². The number of nitrogens with zero attached hydrogens (tertiary/aromatic N) is 2. The molecule has 5 heteroatoms. The third kappa shape index (κ3) is 3.59. The molecule has 0 saturated carbocycles. The highest BCUT2D eigenvalue weighted by molar-refractivity contribution is 5.80.